The number of aryl methyl sites for hydroxylation is 1. The lowest BCUT2D eigenvalue weighted by molar-refractivity contribution is 0.419. The summed E-state index contributed by atoms with van der Waals surface area (Å²) in [5.41, 5.74) is 3.34. The van der Waals surface area contributed by atoms with E-state index < -0.39 is 0 Å². The predicted octanol–water partition coefficient (Wildman–Crippen LogP) is 4.46. The number of nitrogens with zero attached hydrogens (tertiary/aromatic N) is 2. The highest BCUT2D eigenvalue weighted by atomic mass is 35.5. The number of aromatic nitrogens is 2. The van der Waals surface area contributed by atoms with Crippen molar-refractivity contribution in [1.82, 2.24) is 9.55 Å². The molecule has 0 aliphatic carbocycles. The minimum Gasteiger partial charge on any atom is -0.494 e. The molecule has 5 heteroatoms. The number of rotatable bonds is 5. The zero-order chi connectivity index (χ0) is 14.8. The van der Waals surface area contributed by atoms with Crippen molar-refractivity contribution >= 4 is 34.0 Å². The molecule has 0 N–H and O–H groups in total. The predicted molar refractivity (Wildman–Crippen MR) is 88.6 cm³/mol. The van der Waals surface area contributed by atoms with Crippen LogP contribution in [-0.2, 0) is 18.8 Å². The number of alkyl halides is 1. The molecule has 0 atom stereocenters. The molecule has 0 amide bonds. The monoisotopic (exact) mass is 320 g/mol. The Labute approximate surface area is 133 Å². The van der Waals surface area contributed by atoms with E-state index in [2.05, 4.69) is 34.0 Å². The average molecular weight is 321 g/mol. The number of fused-ring (bicyclic) bond motifs is 1. The number of halogens is 1. The van der Waals surface area contributed by atoms with Gasteiger partial charge in [-0.2, -0.15) is 0 Å². The van der Waals surface area contributed by atoms with Crippen LogP contribution in [0, 0.1) is 0 Å². The highest BCUT2D eigenvalue weighted by Crippen LogP contribution is 2.28. The number of thiophene rings is 1. The molecule has 0 aliphatic heterocycles. The molecule has 2 heterocycles. The Hall–Kier alpha value is -1.52. The first-order valence-electron chi connectivity index (χ1n) is 6.91. The molecule has 2 aromatic heterocycles. The Balaban J connectivity index is 2.13. The molecule has 3 aromatic rings. The lowest BCUT2D eigenvalue weighted by atomic mass is 10.2. The standard InChI is InChI=1S/C16H17ClN2OS/c1-3-11-7-8-21-14(11)10-19-12-5-4-6-13(20-2)16(12)18-15(19)9-17/h4-8H,3,9-10H2,1-2H3. The fourth-order valence-corrected chi connectivity index (χ4v) is 3.74. The van der Waals surface area contributed by atoms with Gasteiger partial charge in [0.25, 0.3) is 0 Å². The summed E-state index contributed by atoms with van der Waals surface area (Å²) in [5.74, 6) is 2.07. The maximum Gasteiger partial charge on any atom is 0.146 e. The number of para-hydroxylation sites is 1. The van der Waals surface area contributed by atoms with Crippen molar-refractivity contribution in [3.05, 3.63) is 45.9 Å². The Bertz CT molecular complexity index is 763. The molecular weight excluding hydrogens is 304 g/mol. The maximum atomic E-state index is 6.09. The summed E-state index contributed by atoms with van der Waals surface area (Å²) in [7, 11) is 1.67. The van der Waals surface area contributed by atoms with E-state index in [1.807, 2.05) is 12.1 Å². The van der Waals surface area contributed by atoms with Gasteiger partial charge in [-0.05, 0) is 35.6 Å². The SMILES string of the molecule is CCc1ccsc1Cn1c(CCl)nc2c(OC)cccc21. The van der Waals surface area contributed by atoms with E-state index in [0.29, 0.717) is 5.88 Å². The largest absolute Gasteiger partial charge is 0.494 e. The molecule has 0 saturated heterocycles. The molecule has 1 aromatic carbocycles. The highest BCUT2D eigenvalue weighted by molar-refractivity contribution is 7.10. The second-order valence-corrected chi connectivity index (χ2v) is 6.07. The van der Waals surface area contributed by atoms with Gasteiger partial charge >= 0.3 is 0 Å². The molecule has 110 valence electrons. The van der Waals surface area contributed by atoms with Gasteiger partial charge in [-0.3, -0.25) is 0 Å². The molecule has 0 bridgehead atoms. The Kier molecular flexibility index (Phi) is 4.17. The minimum absolute atomic E-state index is 0.394. The summed E-state index contributed by atoms with van der Waals surface area (Å²) in [6, 6.07) is 8.19. The molecule has 0 unspecified atom stereocenters. The van der Waals surface area contributed by atoms with E-state index >= 15 is 0 Å². The van der Waals surface area contributed by atoms with Crippen LogP contribution in [0.15, 0.2) is 29.6 Å². The summed E-state index contributed by atoms with van der Waals surface area (Å²) < 4.78 is 7.59. The summed E-state index contributed by atoms with van der Waals surface area (Å²) >= 11 is 7.88. The quantitative estimate of drug-likeness (QED) is 0.649. The zero-order valence-corrected chi connectivity index (χ0v) is 13.7. The molecule has 0 radical (unpaired) electrons. The number of benzene rings is 1. The van der Waals surface area contributed by atoms with Crippen molar-refractivity contribution in [1.29, 1.82) is 0 Å². The second kappa shape index (κ2) is 6.08. The second-order valence-electron chi connectivity index (χ2n) is 4.80. The Morgan fingerprint density at radius 3 is 2.90 bits per heavy atom. The molecule has 0 spiro atoms. The van der Waals surface area contributed by atoms with Gasteiger partial charge < -0.3 is 9.30 Å². The molecule has 3 nitrogen and oxygen atoms in total. The molecule has 21 heavy (non-hydrogen) atoms. The third-order valence-corrected chi connectivity index (χ3v) is 4.87. The Morgan fingerprint density at radius 1 is 1.33 bits per heavy atom. The van der Waals surface area contributed by atoms with Crippen molar-refractivity contribution in [3.63, 3.8) is 0 Å². The average Bonchev–Trinajstić information content (AvgIpc) is 3.11. The smallest absolute Gasteiger partial charge is 0.146 e. The van der Waals surface area contributed by atoms with Crippen LogP contribution < -0.4 is 4.74 Å². The van der Waals surface area contributed by atoms with Crippen molar-refractivity contribution in [3.8, 4) is 5.75 Å². The molecule has 0 aliphatic rings. The van der Waals surface area contributed by atoms with Crippen molar-refractivity contribution < 1.29 is 4.74 Å². The molecular formula is C16H17ClN2OS. The van der Waals surface area contributed by atoms with Gasteiger partial charge in [0.1, 0.15) is 17.1 Å². The van der Waals surface area contributed by atoms with Gasteiger partial charge in [-0.15, -0.1) is 22.9 Å². The lowest BCUT2D eigenvalue weighted by Crippen LogP contribution is -2.04. The summed E-state index contributed by atoms with van der Waals surface area (Å²) in [6.07, 6.45) is 1.05. The van der Waals surface area contributed by atoms with Crippen LogP contribution in [-0.4, -0.2) is 16.7 Å². The molecule has 0 saturated carbocycles. The lowest BCUT2D eigenvalue weighted by Gasteiger charge is -2.08. The van der Waals surface area contributed by atoms with E-state index in [4.69, 9.17) is 16.3 Å². The van der Waals surface area contributed by atoms with E-state index in [1.165, 1.54) is 10.4 Å². The van der Waals surface area contributed by atoms with Gasteiger partial charge in [0.05, 0.1) is 25.1 Å². The van der Waals surface area contributed by atoms with Gasteiger partial charge in [0, 0.05) is 4.88 Å². The van der Waals surface area contributed by atoms with Crippen LogP contribution in [0.5, 0.6) is 5.75 Å². The summed E-state index contributed by atoms with van der Waals surface area (Å²) in [5, 5.41) is 2.15. The Morgan fingerprint density at radius 2 is 2.19 bits per heavy atom. The maximum absolute atomic E-state index is 6.09. The van der Waals surface area contributed by atoms with Crippen molar-refractivity contribution in [2.45, 2.75) is 25.8 Å². The van der Waals surface area contributed by atoms with Crippen molar-refractivity contribution in [2.24, 2.45) is 0 Å². The van der Waals surface area contributed by atoms with Crippen LogP contribution in [0.2, 0.25) is 0 Å². The topological polar surface area (TPSA) is 27.1 Å². The number of hydrogen-bond donors (Lipinski definition) is 0. The van der Waals surface area contributed by atoms with E-state index in [9.17, 15) is 0 Å². The van der Waals surface area contributed by atoms with Gasteiger partial charge in [0.15, 0.2) is 0 Å². The molecule has 0 fully saturated rings. The normalized spacial score (nSPS) is 11.2. The van der Waals surface area contributed by atoms with Crippen LogP contribution in [0.3, 0.4) is 0 Å². The molecule has 3 rings (SSSR count). The van der Waals surface area contributed by atoms with Gasteiger partial charge in [-0.1, -0.05) is 13.0 Å². The van der Waals surface area contributed by atoms with Gasteiger partial charge in [0.2, 0.25) is 0 Å². The van der Waals surface area contributed by atoms with E-state index in [0.717, 1.165) is 35.6 Å². The van der Waals surface area contributed by atoms with Crippen LogP contribution in [0.1, 0.15) is 23.2 Å². The number of hydrogen-bond acceptors (Lipinski definition) is 3. The fraction of sp³-hybridized carbons (Fsp3) is 0.312. The first-order valence-corrected chi connectivity index (χ1v) is 8.33. The first kappa shape index (κ1) is 14.4. The summed E-state index contributed by atoms with van der Waals surface area (Å²) in [4.78, 5) is 6.02. The van der Waals surface area contributed by atoms with Crippen molar-refractivity contribution in [2.75, 3.05) is 7.11 Å². The summed E-state index contributed by atoms with van der Waals surface area (Å²) in [6.45, 7) is 3.00. The first-order chi connectivity index (χ1) is 10.3. The number of ether oxygens (including phenoxy) is 1. The van der Waals surface area contributed by atoms with E-state index in [-0.39, 0.29) is 0 Å². The number of methoxy groups -OCH3 is 1. The fourth-order valence-electron chi connectivity index (χ4n) is 2.58. The minimum atomic E-state index is 0.394. The third-order valence-electron chi connectivity index (χ3n) is 3.68. The third kappa shape index (κ3) is 2.54. The van der Waals surface area contributed by atoms with Gasteiger partial charge in [-0.25, -0.2) is 4.98 Å². The van der Waals surface area contributed by atoms with Crippen LogP contribution in [0.4, 0.5) is 0 Å². The van der Waals surface area contributed by atoms with E-state index in [1.54, 1.807) is 18.4 Å². The zero-order valence-electron chi connectivity index (χ0n) is 12.1. The van der Waals surface area contributed by atoms with Crippen LogP contribution in [0.25, 0.3) is 11.0 Å². The number of imidazole rings is 1. The van der Waals surface area contributed by atoms with Crippen LogP contribution >= 0.6 is 22.9 Å². The highest BCUT2D eigenvalue weighted by Gasteiger charge is 2.15.